The standard InChI is InChI=1S/C46H36/c1-5-19-35(20-6-1)44(36-21-7-2-8-22-36)42-30-17-31-43(45(42)41-33-32-34-18-13-16-29-40(34)41)46(39-27-14-15-28-39,37-23-9-3-10-24-37)38-25-11-4-12-26-38/h1-27,29-33,41,45H,28H2. The first-order valence-corrected chi connectivity index (χ1v) is 16.3. The summed E-state index contributed by atoms with van der Waals surface area (Å²) in [5.41, 5.74) is 12.8. The molecule has 5 aromatic rings. The molecule has 0 nitrogen and oxygen atoms in total. The number of benzene rings is 5. The zero-order valence-electron chi connectivity index (χ0n) is 25.8. The first-order chi connectivity index (χ1) is 22.9. The van der Waals surface area contributed by atoms with Crippen molar-refractivity contribution < 1.29 is 0 Å². The summed E-state index contributed by atoms with van der Waals surface area (Å²) < 4.78 is 0. The molecule has 3 aliphatic carbocycles. The van der Waals surface area contributed by atoms with E-state index in [1.165, 1.54) is 55.7 Å². The Hall–Kier alpha value is -5.46. The average Bonchev–Trinajstić information content (AvgIpc) is 3.82. The largest absolute Gasteiger partial charge is 0.0804 e. The van der Waals surface area contributed by atoms with Gasteiger partial charge in [0, 0.05) is 11.8 Å². The third-order valence-electron chi connectivity index (χ3n) is 9.93. The van der Waals surface area contributed by atoms with Gasteiger partial charge in [-0.05, 0) is 62.1 Å². The van der Waals surface area contributed by atoms with Gasteiger partial charge in [-0.2, -0.15) is 0 Å². The molecule has 0 aliphatic heterocycles. The zero-order chi connectivity index (χ0) is 30.8. The van der Waals surface area contributed by atoms with Crippen molar-refractivity contribution in [3.63, 3.8) is 0 Å². The predicted molar refractivity (Wildman–Crippen MR) is 193 cm³/mol. The molecule has 0 saturated carbocycles. The highest BCUT2D eigenvalue weighted by atomic mass is 14.5. The van der Waals surface area contributed by atoms with Crippen LogP contribution in [0.3, 0.4) is 0 Å². The summed E-state index contributed by atoms with van der Waals surface area (Å²) in [4.78, 5) is 0. The van der Waals surface area contributed by atoms with E-state index in [9.17, 15) is 0 Å². The SMILES string of the molecule is C1=CCC(C(C2=CC=CC(=C(c3ccccc3)c3ccccc3)C2C2C=Cc3ccccc32)(c2ccccc2)c2ccccc2)=C1. The monoisotopic (exact) mass is 588 g/mol. The van der Waals surface area contributed by atoms with Crippen molar-refractivity contribution in [3.05, 3.63) is 238 Å². The van der Waals surface area contributed by atoms with Crippen LogP contribution in [0.4, 0.5) is 0 Å². The Labute approximate surface area is 272 Å². The lowest BCUT2D eigenvalue weighted by molar-refractivity contribution is 0.545. The molecule has 0 N–H and O–H groups in total. The quantitative estimate of drug-likeness (QED) is 0.177. The third kappa shape index (κ3) is 4.70. The van der Waals surface area contributed by atoms with Crippen molar-refractivity contribution in [2.75, 3.05) is 0 Å². The first kappa shape index (κ1) is 28.0. The maximum Gasteiger partial charge on any atom is 0.0636 e. The van der Waals surface area contributed by atoms with E-state index < -0.39 is 5.41 Å². The van der Waals surface area contributed by atoms with Crippen LogP contribution in [0.5, 0.6) is 0 Å². The van der Waals surface area contributed by atoms with Crippen molar-refractivity contribution in [3.8, 4) is 0 Å². The Morgan fingerprint density at radius 3 is 1.70 bits per heavy atom. The van der Waals surface area contributed by atoms with E-state index in [1.54, 1.807) is 0 Å². The van der Waals surface area contributed by atoms with Crippen molar-refractivity contribution in [1.82, 2.24) is 0 Å². The molecule has 0 fully saturated rings. The van der Waals surface area contributed by atoms with Gasteiger partial charge in [-0.15, -0.1) is 0 Å². The molecule has 8 rings (SSSR count). The van der Waals surface area contributed by atoms with E-state index in [1.807, 2.05) is 0 Å². The molecule has 0 aromatic heterocycles. The summed E-state index contributed by atoms with van der Waals surface area (Å²) in [6.07, 6.45) is 19.8. The Morgan fingerprint density at radius 2 is 1.11 bits per heavy atom. The molecule has 0 radical (unpaired) electrons. The van der Waals surface area contributed by atoms with Gasteiger partial charge in [-0.1, -0.05) is 194 Å². The summed E-state index contributed by atoms with van der Waals surface area (Å²) in [6.45, 7) is 0. The first-order valence-electron chi connectivity index (χ1n) is 16.3. The molecule has 0 heteroatoms. The Kier molecular flexibility index (Phi) is 7.40. The fraction of sp³-hybridized carbons (Fsp3) is 0.0870. The molecule has 0 spiro atoms. The van der Waals surface area contributed by atoms with Crippen molar-refractivity contribution >= 4 is 11.6 Å². The van der Waals surface area contributed by atoms with E-state index in [4.69, 9.17) is 0 Å². The zero-order valence-corrected chi connectivity index (χ0v) is 25.8. The topological polar surface area (TPSA) is 0 Å². The van der Waals surface area contributed by atoms with Gasteiger partial charge < -0.3 is 0 Å². The van der Waals surface area contributed by atoms with Crippen LogP contribution in [-0.4, -0.2) is 0 Å². The highest BCUT2D eigenvalue weighted by Gasteiger charge is 2.48. The minimum atomic E-state index is -0.462. The van der Waals surface area contributed by atoms with Crippen LogP contribution in [0.25, 0.3) is 11.6 Å². The lowest BCUT2D eigenvalue weighted by atomic mass is 9.56. The van der Waals surface area contributed by atoms with Gasteiger partial charge in [0.05, 0.1) is 5.41 Å². The maximum atomic E-state index is 2.46. The average molecular weight is 589 g/mol. The van der Waals surface area contributed by atoms with E-state index in [-0.39, 0.29) is 11.8 Å². The van der Waals surface area contributed by atoms with Gasteiger partial charge in [-0.25, -0.2) is 0 Å². The molecule has 0 bridgehead atoms. The molecule has 5 aromatic carbocycles. The van der Waals surface area contributed by atoms with Crippen LogP contribution in [0, 0.1) is 5.92 Å². The molecule has 46 heavy (non-hydrogen) atoms. The molecule has 0 heterocycles. The third-order valence-corrected chi connectivity index (χ3v) is 9.93. The molecular weight excluding hydrogens is 553 g/mol. The molecular formula is C46H36. The van der Waals surface area contributed by atoms with E-state index in [2.05, 4.69) is 194 Å². The number of hydrogen-bond acceptors (Lipinski definition) is 0. The maximum absolute atomic E-state index is 2.46. The number of hydrogen-bond donors (Lipinski definition) is 0. The second-order valence-corrected chi connectivity index (χ2v) is 12.3. The van der Waals surface area contributed by atoms with Crippen LogP contribution >= 0.6 is 0 Å². The Morgan fingerprint density at radius 1 is 0.543 bits per heavy atom. The second-order valence-electron chi connectivity index (χ2n) is 12.3. The minimum absolute atomic E-state index is 0.0715. The molecule has 0 amide bonds. The van der Waals surface area contributed by atoms with Crippen LogP contribution in [0.2, 0.25) is 0 Å². The van der Waals surface area contributed by atoms with Crippen molar-refractivity contribution in [1.29, 1.82) is 0 Å². The van der Waals surface area contributed by atoms with E-state index in [0.29, 0.717) is 0 Å². The van der Waals surface area contributed by atoms with Gasteiger partial charge in [-0.3, -0.25) is 0 Å². The van der Waals surface area contributed by atoms with Crippen LogP contribution < -0.4 is 0 Å². The van der Waals surface area contributed by atoms with Crippen LogP contribution in [-0.2, 0) is 5.41 Å². The molecule has 2 unspecified atom stereocenters. The fourth-order valence-electron chi connectivity index (χ4n) is 8.05. The van der Waals surface area contributed by atoms with Gasteiger partial charge in [0.1, 0.15) is 0 Å². The summed E-state index contributed by atoms with van der Waals surface area (Å²) >= 11 is 0. The lowest BCUT2D eigenvalue weighted by Crippen LogP contribution is -2.38. The van der Waals surface area contributed by atoms with Crippen LogP contribution in [0.1, 0.15) is 45.7 Å². The summed E-state index contributed by atoms with van der Waals surface area (Å²) in [7, 11) is 0. The van der Waals surface area contributed by atoms with Gasteiger partial charge in [0.2, 0.25) is 0 Å². The molecule has 220 valence electrons. The highest BCUT2D eigenvalue weighted by Crippen LogP contribution is 2.57. The van der Waals surface area contributed by atoms with Gasteiger partial charge >= 0.3 is 0 Å². The van der Waals surface area contributed by atoms with E-state index in [0.717, 1.165) is 6.42 Å². The van der Waals surface area contributed by atoms with Crippen molar-refractivity contribution in [2.45, 2.75) is 17.8 Å². The fourth-order valence-corrected chi connectivity index (χ4v) is 8.05. The number of fused-ring (bicyclic) bond motifs is 1. The predicted octanol–water partition coefficient (Wildman–Crippen LogP) is 11.3. The van der Waals surface area contributed by atoms with E-state index >= 15 is 0 Å². The Bertz CT molecular complexity index is 1950. The van der Waals surface area contributed by atoms with Crippen molar-refractivity contribution in [2.24, 2.45) is 5.92 Å². The molecule has 3 aliphatic rings. The molecule has 0 saturated heterocycles. The summed E-state index contributed by atoms with van der Waals surface area (Å²) in [6, 6.07) is 53.3. The van der Waals surface area contributed by atoms with Gasteiger partial charge in [0.15, 0.2) is 0 Å². The number of allylic oxidation sites excluding steroid dienone is 10. The summed E-state index contributed by atoms with van der Waals surface area (Å²) in [5.74, 6) is 0.244. The normalized spacial score (nSPS) is 18.3. The molecule has 2 atom stereocenters. The second kappa shape index (κ2) is 12.1. The summed E-state index contributed by atoms with van der Waals surface area (Å²) in [5, 5.41) is 0. The van der Waals surface area contributed by atoms with Crippen LogP contribution in [0.15, 0.2) is 205 Å². The number of rotatable bonds is 7. The minimum Gasteiger partial charge on any atom is -0.0804 e. The lowest BCUT2D eigenvalue weighted by Gasteiger charge is -2.46. The van der Waals surface area contributed by atoms with Gasteiger partial charge in [0.25, 0.3) is 0 Å². The highest BCUT2D eigenvalue weighted by molar-refractivity contribution is 5.86. The smallest absolute Gasteiger partial charge is 0.0636 e. The Balaban J connectivity index is 1.48.